The zero-order valence-corrected chi connectivity index (χ0v) is 12.1. The van der Waals surface area contributed by atoms with Crippen LogP contribution >= 0.6 is 11.6 Å². The van der Waals surface area contributed by atoms with Crippen molar-refractivity contribution < 1.29 is 23.0 Å². The van der Waals surface area contributed by atoms with Crippen LogP contribution in [0.25, 0.3) is 0 Å². The predicted octanol–water partition coefficient (Wildman–Crippen LogP) is 2.69. The lowest BCUT2D eigenvalue weighted by Crippen LogP contribution is -2.31. The van der Waals surface area contributed by atoms with Crippen LogP contribution in [0.15, 0.2) is 18.2 Å². The molecule has 114 valence electrons. The zero-order chi connectivity index (χ0) is 15.0. The SMILES string of the molecule is COCC(CNCc1cc(Cl)ccc1OC(F)F)OC. The van der Waals surface area contributed by atoms with E-state index in [1.165, 1.54) is 12.1 Å². The lowest BCUT2D eigenvalue weighted by Gasteiger charge is -2.16. The Bertz CT molecular complexity index is 407. The van der Waals surface area contributed by atoms with Crippen molar-refractivity contribution in [2.24, 2.45) is 0 Å². The monoisotopic (exact) mass is 309 g/mol. The molecule has 0 heterocycles. The number of alkyl halides is 2. The van der Waals surface area contributed by atoms with Crippen molar-refractivity contribution in [3.63, 3.8) is 0 Å². The maximum absolute atomic E-state index is 12.3. The van der Waals surface area contributed by atoms with Crippen molar-refractivity contribution in [3.05, 3.63) is 28.8 Å². The van der Waals surface area contributed by atoms with Gasteiger partial charge in [0.25, 0.3) is 0 Å². The quantitative estimate of drug-likeness (QED) is 0.761. The van der Waals surface area contributed by atoms with Gasteiger partial charge >= 0.3 is 6.61 Å². The summed E-state index contributed by atoms with van der Waals surface area (Å²) in [5.41, 5.74) is 0.560. The standard InChI is InChI=1S/C13H18ClF2NO3/c1-18-8-11(19-2)7-17-6-9-5-10(14)3-4-12(9)20-13(15)16/h3-5,11,13,17H,6-8H2,1-2H3. The normalized spacial score (nSPS) is 12.7. The van der Waals surface area contributed by atoms with Crippen molar-refractivity contribution in [2.45, 2.75) is 19.3 Å². The summed E-state index contributed by atoms with van der Waals surface area (Å²) < 4.78 is 39.2. The molecule has 0 saturated carbocycles. The van der Waals surface area contributed by atoms with E-state index in [4.69, 9.17) is 21.1 Å². The molecule has 1 N–H and O–H groups in total. The minimum Gasteiger partial charge on any atom is -0.434 e. The van der Waals surface area contributed by atoms with E-state index in [1.54, 1.807) is 20.3 Å². The fourth-order valence-corrected chi connectivity index (χ4v) is 1.86. The van der Waals surface area contributed by atoms with Crippen molar-refractivity contribution in [2.75, 3.05) is 27.4 Å². The second-order valence-electron chi connectivity index (χ2n) is 4.07. The highest BCUT2D eigenvalue weighted by Crippen LogP contribution is 2.24. The molecule has 0 aliphatic heterocycles. The van der Waals surface area contributed by atoms with E-state index in [9.17, 15) is 8.78 Å². The number of nitrogens with one attached hydrogen (secondary N) is 1. The highest BCUT2D eigenvalue weighted by molar-refractivity contribution is 6.30. The molecule has 7 heteroatoms. The number of benzene rings is 1. The van der Waals surface area contributed by atoms with Gasteiger partial charge in [0.2, 0.25) is 0 Å². The molecular formula is C13H18ClF2NO3. The van der Waals surface area contributed by atoms with E-state index in [1.807, 2.05) is 0 Å². The van der Waals surface area contributed by atoms with Crippen molar-refractivity contribution in [1.29, 1.82) is 0 Å². The lowest BCUT2D eigenvalue weighted by molar-refractivity contribution is -0.0505. The first-order chi connectivity index (χ1) is 9.56. The Balaban J connectivity index is 2.59. The van der Waals surface area contributed by atoms with Crippen molar-refractivity contribution in [3.8, 4) is 5.75 Å². The molecule has 0 spiro atoms. The third-order valence-corrected chi connectivity index (χ3v) is 2.85. The Morgan fingerprint density at radius 1 is 1.30 bits per heavy atom. The Morgan fingerprint density at radius 2 is 2.05 bits per heavy atom. The van der Waals surface area contributed by atoms with Gasteiger partial charge in [0, 0.05) is 37.9 Å². The fraction of sp³-hybridized carbons (Fsp3) is 0.538. The number of ether oxygens (including phenoxy) is 3. The summed E-state index contributed by atoms with van der Waals surface area (Å²) in [5.74, 6) is 0.109. The Morgan fingerprint density at radius 3 is 2.65 bits per heavy atom. The minimum atomic E-state index is -2.87. The molecule has 1 rings (SSSR count). The minimum absolute atomic E-state index is 0.109. The first kappa shape index (κ1) is 17.1. The van der Waals surface area contributed by atoms with Crippen LogP contribution in [0.5, 0.6) is 5.75 Å². The zero-order valence-electron chi connectivity index (χ0n) is 11.4. The maximum Gasteiger partial charge on any atom is 0.387 e. The van der Waals surface area contributed by atoms with Crippen LogP contribution in [0.2, 0.25) is 5.02 Å². The second kappa shape index (κ2) is 9.07. The Hall–Kier alpha value is -0.950. The van der Waals surface area contributed by atoms with Crippen molar-refractivity contribution in [1.82, 2.24) is 5.32 Å². The number of hydrogen-bond donors (Lipinski definition) is 1. The van der Waals surface area contributed by atoms with Crippen LogP contribution < -0.4 is 10.1 Å². The summed E-state index contributed by atoms with van der Waals surface area (Å²) in [7, 11) is 3.16. The van der Waals surface area contributed by atoms with E-state index in [2.05, 4.69) is 10.1 Å². The fourth-order valence-electron chi connectivity index (χ4n) is 1.66. The second-order valence-corrected chi connectivity index (χ2v) is 4.51. The van der Waals surface area contributed by atoms with Gasteiger partial charge in [-0.1, -0.05) is 11.6 Å². The Kier molecular flexibility index (Phi) is 7.76. The molecule has 0 aromatic heterocycles. The van der Waals surface area contributed by atoms with Gasteiger partial charge in [0.05, 0.1) is 12.7 Å². The molecule has 20 heavy (non-hydrogen) atoms. The summed E-state index contributed by atoms with van der Waals surface area (Å²) in [4.78, 5) is 0. The average Bonchev–Trinajstić information content (AvgIpc) is 2.40. The van der Waals surface area contributed by atoms with Crippen LogP contribution in [-0.4, -0.2) is 40.1 Å². The lowest BCUT2D eigenvalue weighted by atomic mass is 10.2. The average molecular weight is 310 g/mol. The molecule has 1 unspecified atom stereocenters. The van der Waals surface area contributed by atoms with E-state index in [0.717, 1.165) is 0 Å². The molecule has 1 aromatic carbocycles. The molecule has 1 aromatic rings. The van der Waals surface area contributed by atoms with E-state index in [-0.39, 0.29) is 11.9 Å². The predicted molar refractivity (Wildman–Crippen MR) is 72.5 cm³/mol. The van der Waals surface area contributed by atoms with Crippen LogP contribution in [0.1, 0.15) is 5.56 Å². The van der Waals surface area contributed by atoms with Crippen molar-refractivity contribution >= 4 is 11.6 Å². The summed E-state index contributed by atoms with van der Waals surface area (Å²) in [6.45, 7) is -1.56. The molecule has 0 aliphatic rings. The highest BCUT2D eigenvalue weighted by atomic mass is 35.5. The first-order valence-electron chi connectivity index (χ1n) is 6.02. The van der Waals surface area contributed by atoms with E-state index >= 15 is 0 Å². The van der Waals surface area contributed by atoms with Crippen LogP contribution in [0.4, 0.5) is 8.78 Å². The molecule has 0 aliphatic carbocycles. The summed E-state index contributed by atoms with van der Waals surface area (Å²) in [6.07, 6.45) is -0.112. The molecule has 0 radical (unpaired) electrons. The summed E-state index contributed by atoms with van der Waals surface area (Å²) >= 11 is 5.86. The van der Waals surface area contributed by atoms with Gasteiger partial charge in [0.1, 0.15) is 5.75 Å². The topological polar surface area (TPSA) is 39.7 Å². The van der Waals surface area contributed by atoms with Gasteiger partial charge in [-0.05, 0) is 18.2 Å². The van der Waals surface area contributed by atoms with E-state index < -0.39 is 6.61 Å². The Labute approximate surface area is 122 Å². The first-order valence-corrected chi connectivity index (χ1v) is 6.40. The molecular weight excluding hydrogens is 292 g/mol. The van der Waals surface area contributed by atoms with E-state index in [0.29, 0.717) is 30.3 Å². The molecule has 0 amide bonds. The van der Waals surface area contributed by atoms with Gasteiger partial charge in [-0.15, -0.1) is 0 Å². The van der Waals surface area contributed by atoms with Gasteiger partial charge in [-0.3, -0.25) is 0 Å². The van der Waals surface area contributed by atoms with Gasteiger partial charge in [-0.2, -0.15) is 8.78 Å². The third-order valence-electron chi connectivity index (χ3n) is 2.61. The highest BCUT2D eigenvalue weighted by Gasteiger charge is 2.11. The number of methoxy groups -OCH3 is 2. The van der Waals surface area contributed by atoms with Gasteiger partial charge in [-0.25, -0.2) is 0 Å². The van der Waals surface area contributed by atoms with Gasteiger partial charge < -0.3 is 19.5 Å². The maximum atomic E-state index is 12.3. The largest absolute Gasteiger partial charge is 0.434 e. The molecule has 0 bridgehead atoms. The van der Waals surface area contributed by atoms with Crippen LogP contribution in [0.3, 0.4) is 0 Å². The molecule has 0 fully saturated rings. The van der Waals surface area contributed by atoms with Crippen LogP contribution in [-0.2, 0) is 16.0 Å². The summed E-state index contributed by atoms with van der Waals surface area (Å²) in [5, 5.41) is 3.55. The molecule has 4 nitrogen and oxygen atoms in total. The molecule has 1 atom stereocenters. The molecule has 0 saturated heterocycles. The number of hydrogen-bond acceptors (Lipinski definition) is 4. The van der Waals surface area contributed by atoms with Crippen LogP contribution in [0, 0.1) is 0 Å². The number of rotatable bonds is 9. The van der Waals surface area contributed by atoms with Gasteiger partial charge in [0.15, 0.2) is 0 Å². The smallest absolute Gasteiger partial charge is 0.387 e. The number of halogens is 3. The summed E-state index contributed by atoms with van der Waals surface area (Å²) in [6, 6.07) is 4.52. The third kappa shape index (κ3) is 6.00.